The summed E-state index contributed by atoms with van der Waals surface area (Å²) in [4.78, 5) is 0. The van der Waals surface area contributed by atoms with Crippen LogP contribution in [0.1, 0.15) is 107 Å². The van der Waals surface area contributed by atoms with Crippen LogP contribution < -0.4 is 52.8 Å². The zero-order chi connectivity index (χ0) is 41.8. The minimum Gasteiger partial charge on any atom is -1.00 e. The Kier molecular flexibility index (Phi) is 16.9. The summed E-state index contributed by atoms with van der Waals surface area (Å²) in [6.45, 7) is 30.9. The number of benzene rings is 6. The summed E-state index contributed by atoms with van der Waals surface area (Å²) >= 11 is 0. The number of halogens is 3. The summed E-state index contributed by atoms with van der Waals surface area (Å²) in [5.41, 5.74) is 15.5. The van der Waals surface area contributed by atoms with E-state index >= 15 is 0 Å². The molecule has 0 saturated heterocycles. The molecule has 0 heterocycles. The second-order valence-corrected chi connectivity index (χ2v) is 24.1. The topological polar surface area (TPSA) is 0 Å². The molecule has 0 aromatic heterocycles. The van der Waals surface area contributed by atoms with Crippen LogP contribution in [0, 0.1) is 6.08 Å². The van der Waals surface area contributed by atoms with E-state index in [-0.39, 0.29) is 75.2 Å². The second kappa shape index (κ2) is 19.8. The number of rotatable bonds is 7. The fraction of sp³-hybridized carbons (Fsp3) is 0.298. The first-order chi connectivity index (χ1) is 27.3. The third-order valence-electron chi connectivity index (χ3n) is 13.2. The zero-order valence-corrected chi connectivity index (χ0v) is 43.8. The summed E-state index contributed by atoms with van der Waals surface area (Å²) in [7, 11) is -3.46. The van der Waals surface area contributed by atoms with Gasteiger partial charge in [-0.15, -0.1) is 6.92 Å². The largest absolute Gasteiger partial charge is 4.00 e. The molecule has 0 amide bonds. The fourth-order valence-electron chi connectivity index (χ4n) is 9.41. The van der Waals surface area contributed by atoms with Gasteiger partial charge in [0.1, 0.15) is 8.07 Å². The van der Waals surface area contributed by atoms with Crippen molar-refractivity contribution in [2.24, 2.45) is 0 Å². The summed E-state index contributed by atoms with van der Waals surface area (Å²) < 4.78 is 0. The van der Waals surface area contributed by atoms with Crippen LogP contribution in [0.2, 0.25) is 5.04 Å². The van der Waals surface area contributed by atoms with Crippen molar-refractivity contribution in [3.63, 3.8) is 0 Å². The van der Waals surface area contributed by atoms with E-state index in [0.717, 1.165) is 0 Å². The Morgan fingerprint density at radius 1 is 0.419 bits per heavy atom. The van der Waals surface area contributed by atoms with Gasteiger partial charge in [-0.1, -0.05) is 234 Å². The monoisotopic (exact) mass is 928 g/mol. The third kappa shape index (κ3) is 9.52. The van der Waals surface area contributed by atoms with E-state index in [2.05, 4.69) is 242 Å². The van der Waals surface area contributed by atoms with Crippen LogP contribution in [0.5, 0.6) is 0 Å². The van der Waals surface area contributed by atoms with Gasteiger partial charge in [-0.2, -0.15) is 11.1 Å². The van der Waals surface area contributed by atoms with Crippen LogP contribution >= 0.6 is 0 Å². The van der Waals surface area contributed by atoms with E-state index < -0.39 is 13.1 Å². The molecule has 0 fully saturated rings. The Morgan fingerprint density at radius 3 is 0.919 bits per heavy atom. The van der Waals surface area contributed by atoms with Crippen molar-refractivity contribution in [1.29, 1.82) is 0 Å². The Morgan fingerprint density at radius 2 is 0.694 bits per heavy atom. The molecule has 0 saturated carbocycles. The molecule has 0 spiro atoms. The van der Waals surface area contributed by atoms with Crippen LogP contribution in [-0.2, 0) is 38.0 Å². The van der Waals surface area contributed by atoms with E-state index in [4.69, 9.17) is 0 Å². The number of allylic oxidation sites excluding steroid dienone is 4. The van der Waals surface area contributed by atoms with E-state index in [0.29, 0.717) is 0 Å². The molecule has 0 aliphatic heterocycles. The average Bonchev–Trinajstić information content (AvgIpc) is 3.40. The SMILES string of the molecule is CC1=[C-]C(C)([Si](c2cc(C(C)(C)C)ccc2-c2ccccc2)(c2cc(C(C)(C)C)ccc2-c2ccccc2)c2cc(C(C)(C)C)ccc2-c2ccccc2)C(C)=C1C.[Cl-].[Cl-].[Cl-].[Ti+4]. The van der Waals surface area contributed by atoms with Crippen LogP contribution in [0.4, 0.5) is 0 Å². The molecular weight excluding hydrogens is 867 g/mol. The molecule has 7 rings (SSSR count). The maximum Gasteiger partial charge on any atom is 4.00 e. The van der Waals surface area contributed by atoms with Crippen LogP contribution in [0.25, 0.3) is 33.4 Å². The van der Waals surface area contributed by atoms with Crippen molar-refractivity contribution in [3.8, 4) is 33.4 Å². The van der Waals surface area contributed by atoms with E-state index in [1.165, 1.54) is 82.4 Å². The molecule has 62 heavy (non-hydrogen) atoms. The van der Waals surface area contributed by atoms with Gasteiger partial charge in [0.25, 0.3) is 0 Å². The van der Waals surface area contributed by atoms with Gasteiger partial charge in [-0.3, -0.25) is 6.08 Å². The van der Waals surface area contributed by atoms with Crippen LogP contribution in [0.15, 0.2) is 162 Å². The summed E-state index contributed by atoms with van der Waals surface area (Å²) in [6.07, 6.45) is 4.38. The molecule has 5 heteroatoms. The third-order valence-corrected chi connectivity index (χ3v) is 18.9. The molecule has 0 nitrogen and oxygen atoms in total. The Balaban J connectivity index is 0.00000256. The molecule has 0 radical (unpaired) electrons. The van der Waals surface area contributed by atoms with Gasteiger partial charge in [0.05, 0.1) is 0 Å². The molecule has 320 valence electrons. The molecule has 6 aromatic carbocycles. The van der Waals surface area contributed by atoms with Crippen molar-refractivity contribution < 1.29 is 58.9 Å². The maximum absolute atomic E-state index is 4.38. The summed E-state index contributed by atoms with van der Waals surface area (Å²) in [5.74, 6) is 0. The number of hydrogen-bond donors (Lipinski definition) is 0. The molecule has 6 aromatic rings. The predicted molar refractivity (Wildman–Crippen MR) is 256 cm³/mol. The molecule has 1 atom stereocenters. The molecule has 1 aliphatic rings. The molecular formula is C57H63Cl3SiTi. The van der Waals surface area contributed by atoms with Gasteiger partial charge < -0.3 is 37.2 Å². The Hall–Kier alpha value is -3.40. The van der Waals surface area contributed by atoms with Gasteiger partial charge in [0.15, 0.2) is 0 Å². The first-order valence-corrected chi connectivity index (χ1v) is 23.2. The van der Waals surface area contributed by atoms with Gasteiger partial charge >= 0.3 is 21.7 Å². The van der Waals surface area contributed by atoms with Gasteiger partial charge in [0, 0.05) is 0 Å². The summed E-state index contributed by atoms with van der Waals surface area (Å²) in [5, 5.41) is 3.83. The smallest absolute Gasteiger partial charge is 1.00 e. The van der Waals surface area contributed by atoms with Gasteiger partial charge in [0.2, 0.25) is 0 Å². The first kappa shape index (κ1) is 52.9. The molecule has 1 aliphatic carbocycles. The Labute approximate surface area is 409 Å². The van der Waals surface area contributed by atoms with Crippen molar-refractivity contribution in [1.82, 2.24) is 0 Å². The first-order valence-electron chi connectivity index (χ1n) is 21.2. The molecule has 1 unspecified atom stereocenters. The standard InChI is InChI=1S/C57H63Si.3ClH.Ti/c1-39-38-57(13,41(3)40(39)2)58(51-35-45(54(4,5)6)29-32-48(51)42-23-17-14-18-24-42,52-36-46(55(7,8)9)30-33-49(52)43-25-19-15-20-26-43)53-37-47(56(10,11)12)31-34-50(53)44-27-21-16-22-28-44;;;;/h14-37H,1-13H3;3*1H;/q-1;;;;+4/p-3. The van der Waals surface area contributed by atoms with E-state index in [1.54, 1.807) is 0 Å². The minimum absolute atomic E-state index is 0. The average molecular weight is 930 g/mol. The minimum atomic E-state index is -3.46. The van der Waals surface area contributed by atoms with Crippen molar-refractivity contribution in [2.45, 2.75) is 111 Å². The Bertz CT molecular complexity index is 2290. The van der Waals surface area contributed by atoms with Crippen molar-refractivity contribution in [2.75, 3.05) is 0 Å². The second-order valence-electron chi connectivity index (χ2n) is 20.0. The van der Waals surface area contributed by atoms with E-state index in [9.17, 15) is 0 Å². The van der Waals surface area contributed by atoms with Gasteiger partial charge in [-0.05, 0) is 81.9 Å². The van der Waals surface area contributed by atoms with E-state index in [1.807, 2.05) is 0 Å². The van der Waals surface area contributed by atoms with Crippen molar-refractivity contribution in [3.05, 3.63) is 185 Å². The van der Waals surface area contributed by atoms with Crippen LogP contribution in [0.3, 0.4) is 0 Å². The predicted octanol–water partition coefficient (Wildman–Crippen LogP) is 4.92. The number of hydrogen-bond acceptors (Lipinski definition) is 0. The molecule has 0 N–H and O–H groups in total. The van der Waals surface area contributed by atoms with Gasteiger partial charge in [-0.25, -0.2) is 5.57 Å². The maximum atomic E-state index is 4.38. The molecule has 0 bridgehead atoms. The summed E-state index contributed by atoms with van der Waals surface area (Å²) in [6, 6.07) is 56.1. The van der Waals surface area contributed by atoms with Crippen molar-refractivity contribution >= 4 is 23.6 Å². The zero-order valence-electron chi connectivity index (χ0n) is 39.0. The van der Waals surface area contributed by atoms with Crippen LogP contribution in [-0.4, -0.2) is 8.07 Å². The fourth-order valence-corrected chi connectivity index (χ4v) is 16.0. The quantitative estimate of drug-likeness (QED) is 0.121. The normalized spacial score (nSPS) is 15.4.